The third-order valence-corrected chi connectivity index (χ3v) is 6.35. The lowest BCUT2D eigenvalue weighted by atomic mass is 10.3. The number of nitrogens with zero attached hydrogens (tertiary/aromatic N) is 5. The number of anilines is 1. The molecule has 1 saturated heterocycles. The van der Waals surface area contributed by atoms with Crippen LogP contribution in [0.1, 0.15) is 10.5 Å². The Labute approximate surface area is 171 Å². The fourth-order valence-corrected chi connectivity index (χ4v) is 4.58. The van der Waals surface area contributed by atoms with Crippen LogP contribution in [0.2, 0.25) is 0 Å². The maximum atomic E-state index is 13.2. The molecular formula is C19H21N5O2S2. The predicted octanol–water partition coefficient (Wildman–Crippen LogP) is 2.79. The highest BCUT2D eigenvalue weighted by Gasteiger charge is 2.24. The van der Waals surface area contributed by atoms with Crippen molar-refractivity contribution in [3.05, 3.63) is 42.5 Å². The van der Waals surface area contributed by atoms with Crippen molar-refractivity contribution in [2.24, 2.45) is 0 Å². The van der Waals surface area contributed by atoms with Crippen molar-refractivity contribution in [2.45, 2.75) is 4.90 Å². The number of amides is 1. The van der Waals surface area contributed by atoms with Gasteiger partial charge < -0.3 is 4.74 Å². The molecule has 0 unspecified atom stereocenters. The number of hydrogen-bond donors (Lipinski definition) is 0. The molecule has 0 spiro atoms. The van der Waals surface area contributed by atoms with Gasteiger partial charge in [0.1, 0.15) is 5.69 Å². The number of hydrogen-bond acceptors (Lipinski definition) is 8. The molecule has 1 aliphatic heterocycles. The van der Waals surface area contributed by atoms with Crippen molar-refractivity contribution in [2.75, 3.05) is 50.5 Å². The first-order valence-corrected chi connectivity index (χ1v) is 11.1. The van der Waals surface area contributed by atoms with E-state index in [1.54, 1.807) is 22.9 Å². The van der Waals surface area contributed by atoms with E-state index < -0.39 is 0 Å². The second kappa shape index (κ2) is 8.95. The molecule has 3 heterocycles. The van der Waals surface area contributed by atoms with Crippen LogP contribution in [0.3, 0.4) is 0 Å². The maximum Gasteiger partial charge on any atom is 0.280 e. The molecule has 1 aromatic carbocycles. The summed E-state index contributed by atoms with van der Waals surface area (Å²) >= 11 is 3.23. The number of aromatic nitrogens is 3. The molecule has 1 aliphatic rings. The van der Waals surface area contributed by atoms with E-state index in [0.29, 0.717) is 17.4 Å². The van der Waals surface area contributed by atoms with Gasteiger partial charge in [-0.2, -0.15) is 0 Å². The molecule has 0 atom stereocenters. The fraction of sp³-hybridized carbons (Fsp3) is 0.368. The van der Waals surface area contributed by atoms with E-state index >= 15 is 0 Å². The smallest absolute Gasteiger partial charge is 0.280 e. The van der Waals surface area contributed by atoms with Crippen molar-refractivity contribution in [3.8, 4) is 0 Å². The lowest BCUT2D eigenvalue weighted by Gasteiger charge is -2.29. The van der Waals surface area contributed by atoms with Crippen molar-refractivity contribution >= 4 is 44.4 Å². The highest BCUT2D eigenvalue weighted by atomic mass is 32.2. The van der Waals surface area contributed by atoms with Gasteiger partial charge in [-0.15, -0.1) is 11.8 Å². The summed E-state index contributed by atoms with van der Waals surface area (Å²) in [6.45, 7) is 4.54. The molecule has 0 saturated carbocycles. The Balaban J connectivity index is 1.62. The molecule has 4 rings (SSSR count). The topological polar surface area (TPSA) is 71.5 Å². The lowest BCUT2D eigenvalue weighted by molar-refractivity contribution is 0.0391. The largest absolute Gasteiger partial charge is 0.379 e. The van der Waals surface area contributed by atoms with Crippen LogP contribution >= 0.6 is 23.1 Å². The Morgan fingerprint density at radius 2 is 2.18 bits per heavy atom. The monoisotopic (exact) mass is 415 g/mol. The molecule has 2 aromatic heterocycles. The minimum Gasteiger partial charge on any atom is -0.379 e. The van der Waals surface area contributed by atoms with Gasteiger partial charge in [0.2, 0.25) is 0 Å². The van der Waals surface area contributed by atoms with E-state index in [1.807, 2.05) is 6.07 Å². The number of morpholine rings is 1. The molecule has 0 aliphatic carbocycles. The summed E-state index contributed by atoms with van der Waals surface area (Å²) in [5.41, 5.74) is 1.23. The second-order valence-electron chi connectivity index (χ2n) is 6.33. The van der Waals surface area contributed by atoms with Crippen LogP contribution in [0.25, 0.3) is 10.2 Å². The fourth-order valence-electron chi connectivity index (χ4n) is 3.03. The number of carbonyl (C=O) groups is 1. The molecule has 146 valence electrons. The van der Waals surface area contributed by atoms with E-state index in [1.165, 1.54) is 28.6 Å². The number of benzene rings is 1. The van der Waals surface area contributed by atoms with Gasteiger partial charge in [0.05, 0.1) is 29.6 Å². The quantitative estimate of drug-likeness (QED) is 0.573. The van der Waals surface area contributed by atoms with Crippen LogP contribution in [-0.2, 0) is 4.74 Å². The van der Waals surface area contributed by atoms with Gasteiger partial charge in [-0.05, 0) is 24.5 Å². The van der Waals surface area contributed by atoms with Crippen LogP contribution in [-0.4, -0.2) is 71.4 Å². The first-order chi connectivity index (χ1) is 13.7. The van der Waals surface area contributed by atoms with Crippen LogP contribution in [0.5, 0.6) is 0 Å². The molecule has 0 N–H and O–H groups in total. The third-order valence-electron chi connectivity index (χ3n) is 4.59. The van der Waals surface area contributed by atoms with Crippen LogP contribution in [0.15, 0.2) is 41.7 Å². The molecule has 7 nitrogen and oxygen atoms in total. The molecule has 1 fully saturated rings. The zero-order chi connectivity index (χ0) is 19.3. The summed E-state index contributed by atoms with van der Waals surface area (Å²) in [6, 6.07) is 6.18. The normalized spacial score (nSPS) is 15.0. The number of thioether (sulfide) groups is 1. The summed E-state index contributed by atoms with van der Waals surface area (Å²) in [5.74, 6) is -0.175. The first-order valence-electron chi connectivity index (χ1n) is 9.07. The van der Waals surface area contributed by atoms with Gasteiger partial charge in [-0.3, -0.25) is 19.6 Å². The number of carbonyl (C=O) groups excluding carboxylic acids is 1. The molecule has 3 aromatic rings. The Morgan fingerprint density at radius 3 is 2.93 bits per heavy atom. The van der Waals surface area contributed by atoms with Crippen LogP contribution in [0, 0.1) is 0 Å². The van der Waals surface area contributed by atoms with Crippen molar-refractivity contribution in [3.63, 3.8) is 0 Å². The number of ether oxygens (including phenoxy) is 1. The SMILES string of the molecule is CSc1ccc2nc(N(CCN3CCOCC3)C(=O)c3cnccn3)sc2c1. The standard InChI is InChI=1S/C19H21N5O2S2/c1-27-14-2-3-15-17(12-14)28-19(22-15)24(7-6-23-8-10-26-11-9-23)18(25)16-13-20-4-5-21-16/h2-5,12-13H,6-11H2,1H3. The highest BCUT2D eigenvalue weighted by Crippen LogP contribution is 2.32. The Morgan fingerprint density at radius 1 is 1.32 bits per heavy atom. The Kier molecular flexibility index (Phi) is 6.16. The van der Waals surface area contributed by atoms with Gasteiger partial charge in [-0.1, -0.05) is 11.3 Å². The maximum absolute atomic E-state index is 13.2. The van der Waals surface area contributed by atoms with Gasteiger partial charge in [0.25, 0.3) is 5.91 Å². The van der Waals surface area contributed by atoms with E-state index in [2.05, 4.69) is 33.3 Å². The second-order valence-corrected chi connectivity index (χ2v) is 8.22. The minimum atomic E-state index is -0.175. The first kappa shape index (κ1) is 19.3. The average molecular weight is 416 g/mol. The summed E-state index contributed by atoms with van der Waals surface area (Å²) in [6.07, 6.45) is 6.66. The van der Waals surface area contributed by atoms with E-state index in [-0.39, 0.29) is 5.91 Å². The molecule has 9 heteroatoms. The Hall–Kier alpha value is -2.07. The summed E-state index contributed by atoms with van der Waals surface area (Å²) < 4.78 is 6.49. The molecule has 0 bridgehead atoms. The van der Waals surface area contributed by atoms with E-state index in [0.717, 1.165) is 43.1 Å². The number of fused-ring (bicyclic) bond motifs is 1. The highest BCUT2D eigenvalue weighted by molar-refractivity contribution is 7.98. The van der Waals surface area contributed by atoms with Crippen molar-refractivity contribution in [1.82, 2.24) is 19.9 Å². The number of rotatable bonds is 6. The minimum absolute atomic E-state index is 0.175. The van der Waals surface area contributed by atoms with Gasteiger partial charge in [-0.25, -0.2) is 9.97 Å². The van der Waals surface area contributed by atoms with E-state index in [9.17, 15) is 4.79 Å². The average Bonchev–Trinajstić information content (AvgIpc) is 3.18. The van der Waals surface area contributed by atoms with Crippen LogP contribution in [0.4, 0.5) is 5.13 Å². The summed E-state index contributed by atoms with van der Waals surface area (Å²) in [5, 5.41) is 0.692. The summed E-state index contributed by atoms with van der Waals surface area (Å²) in [4.78, 5) is 31.3. The predicted molar refractivity (Wildman–Crippen MR) is 112 cm³/mol. The van der Waals surface area contributed by atoms with Crippen molar-refractivity contribution in [1.29, 1.82) is 0 Å². The van der Waals surface area contributed by atoms with Crippen molar-refractivity contribution < 1.29 is 9.53 Å². The van der Waals surface area contributed by atoms with E-state index in [4.69, 9.17) is 9.72 Å². The third kappa shape index (κ3) is 4.33. The molecular weight excluding hydrogens is 394 g/mol. The van der Waals surface area contributed by atoms with Gasteiger partial charge in [0, 0.05) is 43.5 Å². The molecule has 0 radical (unpaired) electrons. The lowest BCUT2D eigenvalue weighted by Crippen LogP contribution is -2.43. The van der Waals surface area contributed by atoms with Gasteiger partial charge in [0.15, 0.2) is 5.13 Å². The van der Waals surface area contributed by atoms with Crippen LogP contribution < -0.4 is 4.90 Å². The van der Waals surface area contributed by atoms with Gasteiger partial charge >= 0.3 is 0 Å². The molecule has 1 amide bonds. The zero-order valence-electron chi connectivity index (χ0n) is 15.6. The number of thiazole rings is 1. The molecule has 28 heavy (non-hydrogen) atoms. The zero-order valence-corrected chi connectivity index (χ0v) is 17.2. The summed E-state index contributed by atoms with van der Waals surface area (Å²) in [7, 11) is 0. The Bertz CT molecular complexity index is 944.